The van der Waals surface area contributed by atoms with Crippen LogP contribution in [0.1, 0.15) is 30.0 Å². The molecule has 3 amide bonds. The maximum atomic E-state index is 12.8. The maximum absolute atomic E-state index is 12.8. The van der Waals surface area contributed by atoms with E-state index in [1.54, 1.807) is 0 Å². The Morgan fingerprint density at radius 1 is 1.27 bits per heavy atom. The van der Waals surface area contributed by atoms with Crippen LogP contribution in [0.3, 0.4) is 0 Å². The number of hydrogen-bond donors (Lipinski definition) is 2. The van der Waals surface area contributed by atoms with Crippen LogP contribution >= 0.6 is 11.8 Å². The zero-order valence-corrected chi connectivity index (χ0v) is 16.0. The molecule has 0 saturated carbocycles. The number of carbonyl (C=O) groups excluding carboxylic acids is 3. The van der Waals surface area contributed by atoms with Crippen molar-refractivity contribution in [1.29, 1.82) is 0 Å². The van der Waals surface area contributed by atoms with Crippen LogP contribution in [0.4, 0.5) is 5.69 Å². The summed E-state index contributed by atoms with van der Waals surface area (Å²) in [5.74, 6) is -2.26. The van der Waals surface area contributed by atoms with E-state index in [1.807, 2.05) is 32.9 Å². The summed E-state index contributed by atoms with van der Waals surface area (Å²) in [6.45, 7) is 6.89. The van der Waals surface area contributed by atoms with E-state index in [4.69, 9.17) is 5.11 Å². The summed E-state index contributed by atoms with van der Waals surface area (Å²) in [4.78, 5) is 48.7. The number of hydrogen-bond acceptors (Lipinski definition) is 5. The first kappa shape index (κ1) is 20.0. The number of carbonyl (C=O) groups is 4. The number of carboxylic acid groups (broad SMARTS) is 1. The van der Waals surface area contributed by atoms with Gasteiger partial charge in [-0.05, 0) is 31.9 Å². The standard InChI is InChI=1S/C18H22N2O5S/c1-9-5-10(2)16(11(3)6-9)20-15(22)7-14(17(20)23)26-8-13(18(24)25)19-12(4)21/h5-6,13-14H,7-8H2,1-4H3,(H,19,21)(H,24,25)/t13-,14+/m0/s1. The first-order valence-corrected chi connectivity index (χ1v) is 9.22. The van der Waals surface area contributed by atoms with Gasteiger partial charge in [0.15, 0.2) is 0 Å². The fourth-order valence-corrected chi connectivity index (χ4v) is 4.29. The van der Waals surface area contributed by atoms with Crippen LogP contribution in [-0.4, -0.2) is 45.8 Å². The zero-order valence-electron chi connectivity index (χ0n) is 15.2. The van der Waals surface area contributed by atoms with Gasteiger partial charge in [0, 0.05) is 19.1 Å². The Bertz CT molecular complexity index is 754. The number of anilines is 1. The normalized spacial score (nSPS) is 18.2. The number of imide groups is 1. The Balaban J connectivity index is 2.16. The lowest BCUT2D eigenvalue weighted by Gasteiger charge is -2.21. The molecule has 0 unspecified atom stereocenters. The number of nitrogens with one attached hydrogen (secondary N) is 1. The van der Waals surface area contributed by atoms with Gasteiger partial charge in [-0.15, -0.1) is 11.8 Å². The second-order valence-corrected chi connectivity index (χ2v) is 7.67. The molecule has 1 aliphatic heterocycles. The van der Waals surface area contributed by atoms with E-state index in [0.717, 1.165) is 28.5 Å². The topological polar surface area (TPSA) is 104 Å². The van der Waals surface area contributed by atoms with E-state index in [-0.39, 0.29) is 24.0 Å². The average Bonchev–Trinajstić information content (AvgIpc) is 2.77. The van der Waals surface area contributed by atoms with E-state index in [9.17, 15) is 19.2 Å². The van der Waals surface area contributed by atoms with Crippen LogP contribution in [0.2, 0.25) is 0 Å². The molecule has 1 heterocycles. The minimum atomic E-state index is -1.17. The highest BCUT2D eigenvalue weighted by atomic mass is 32.2. The third-order valence-corrected chi connectivity index (χ3v) is 5.40. The largest absolute Gasteiger partial charge is 0.480 e. The van der Waals surface area contributed by atoms with E-state index in [2.05, 4.69) is 5.32 Å². The predicted molar refractivity (Wildman–Crippen MR) is 99.2 cm³/mol. The summed E-state index contributed by atoms with van der Waals surface area (Å²) in [5, 5.41) is 10.8. The second-order valence-electron chi connectivity index (χ2n) is 6.43. The maximum Gasteiger partial charge on any atom is 0.327 e. The molecular formula is C18H22N2O5S. The molecule has 26 heavy (non-hydrogen) atoms. The van der Waals surface area contributed by atoms with Gasteiger partial charge in [-0.3, -0.25) is 14.4 Å². The van der Waals surface area contributed by atoms with Crippen LogP contribution in [0.15, 0.2) is 12.1 Å². The lowest BCUT2D eigenvalue weighted by Crippen LogP contribution is -2.42. The molecule has 2 rings (SSSR count). The summed E-state index contributed by atoms with van der Waals surface area (Å²) in [6.07, 6.45) is 0.0165. The van der Waals surface area contributed by atoms with Crippen LogP contribution < -0.4 is 10.2 Å². The molecule has 1 aliphatic rings. The molecule has 1 aromatic rings. The third kappa shape index (κ3) is 4.24. The Hall–Kier alpha value is -2.35. The van der Waals surface area contributed by atoms with Gasteiger partial charge in [0.25, 0.3) is 0 Å². The van der Waals surface area contributed by atoms with Crippen LogP contribution in [-0.2, 0) is 19.2 Å². The van der Waals surface area contributed by atoms with Crippen LogP contribution in [0.5, 0.6) is 0 Å². The summed E-state index contributed by atoms with van der Waals surface area (Å²) < 4.78 is 0. The van der Waals surface area contributed by atoms with Gasteiger partial charge in [0.05, 0.1) is 10.9 Å². The molecule has 8 heteroatoms. The first-order valence-electron chi connectivity index (χ1n) is 8.18. The molecule has 140 valence electrons. The minimum Gasteiger partial charge on any atom is -0.480 e. The van der Waals surface area contributed by atoms with Gasteiger partial charge in [-0.25, -0.2) is 9.69 Å². The molecular weight excluding hydrogens is 356 g/mol. The minimum absolute atomic E-state index is 0.0122. The van der Waals surface area contributed by atoms with E-state index >= 15 is 0 Å². The summed E-state index contributed by atoms with van der Waals surface area (Å²) in [6, 6.07) is 2.73. The van der Waals surface area contributed by atoms with Crippen molar-refractivity contribution in [3.63, 3.8) is 0 Å². The number of aryl methyl sites for hydroxylation is 3. The fourth-order valence-electron chi connectivity index (χ4n) is 3.13. The molecule has 0 radical (unpaired) electrons. The molecule has 0 aromatic heterocycles. The van der Waals surface area contributed by atoms with Gasteiger partial charge < -0.3 is 10.4 Å². The highest BCUT2D eigenvalue weighted by molar-refractivity contribution is 8.00. The van der Waals surface area contributed by atoms with Crippen molar-refractivity contribution in [3.05, 3.63) is 28.8 Å². The quantitative estimate of drug-likeness (QED) is 0.728. The van der Waals surface area contributed by atoms with Crippen molar-refractivity contribution in [2.45, 2.75) is 45.4 Å². The molecule has 2 atom stereocenters. The molecule has 1 saturated heterocycles. The lowest BCUT2D eigenvalue weighted by molar-refractivity contribution is -0.140. The Kier molecular flexibility index (Phi) is 6.07. The highest BCUT2D eigenvalue weighted by Gasteiger charge is 2.41. The van der Waals surface area contributed by atoms with Gasteiger partial charge in [0.2, 0.25) is 17.7 Å². The summed E-state index contributed by atoms with van der Waals surface area (Å²) in [5.41, 5.74) is 3.34. The van der Waals surface area contributed by atoms with Crippen molar-refractivity contribution in [3.8, 4) is 0 Å². The van der Waals surface area contributed by atoms with Crippen molar-refractivity contribution >= 4 is 41.1 Å². The zero-order chi connectivity index (χ0) is 19.6. The number of carboxylic acids is 1. The van der Waals surface area contributed by atoms with Crippen molar-refractivity contribution in [1.82, 2.24) is 5.32 Å². The van der Waals surface area contributed by atoms with Gasteiger partial charge in [-0.1, -0.05) is 17.7 Å². The SMILES string of the molecule is CC(=O)N[C@@H](CS[C@@H]1CC(=O)N(c2c(C)cc(C)cc2C)C1=O)C(=O)O. The number of benzene rings is 1. The van der Waals surface area contributed by atoms with E-state index < -0.39 is 23.2 Å². The smallest absolute Gasteiger partial charge is 0.327 e. The average molecular weight is 378 g/mol. The fraction of sp³-hybridized carbons (Fsp3) is 0.444. The number of amides is 3. The number of nitrogens with zero attached hydrogens (tertiary/aromatic N) is 1. The van der Waals surface area contributed by atoms with E-state index in [1.165, 1.54) is 11.8 Å². The van der Waals surface area contributed by atoms with Crippen molar-refractivity contribution in [2.75, 3.05) is 10.7 Å². The van der Waals surface area contributed by atoms with E-state index in [0.29, 0.717) is 5.69 Å². The number of rotatable bonds is 6. The molecule has 1 fully saturated rings. The highest BCUT2D eigenvalue weighted by Crippen LogP contribution is 2.34. The molecule has 0 aliphatic carbocycles. The summed E-state index contributed by atoms with van der Waals surface area (Å²) in [7, 11) is 0. The number of aliphatic carboxylic acids is 1. The Morgan fingerprint density at radius 3 is 2.35 bits per heavy atom. The summed E-state index contributed by atoms with van der Waals surface area (Å²) >= 11 is 1.08. The van der Waals surface area contributed by atoms with Crippen molar-refractivity contribution in [2.24, 2.45) is 0 Å². The molecule has 7 nitrogen and oxygen atoms in total. The molecule has 0 bridgehead atoms. The van der Waals surface area contributed by atoms with Gasteiger partial charge in [-0.2, -0.15) is 0 Å². The Morgan fingerprint density at radius 2 is 1.85 bits per heavy atom. The van der Waals surface area contributed by atoms with Crippen LogP contribution in [0, 0.1) is 20.8 Å². The third-order valence-electron chi connectivity index (χ3n) is 4.10. The lowest BCUT2D eigenvalue weighted by atomic mass is 10.0. The second kappa shape index (κ2) is 7.90. The monoisotopic (exact) mass is 378 g/mol. The first-order chi connectivity index (χ1) is 12.1. The van der Waals surface area contributed by atoms with Crippen LogP contribution in [0.25, 0.3) is 0 Å². The molecule has 2 N–H and O–H groups in total. The van der Waals surface area contributed by atoms with Gasteiger partial charge >= 0.3 is 5.97 Å². The number of thioether (sulfide) groups is 1. The Labute approximate surface area is 156 Å². The molecule has 1 aromatic carbocycles. The van der Waals surface area contributed by atoms with Gasteiger partial charge in [0.1, 0.15) is 6.04 Å². The predicted octanol–water partition coefficient (Wildman–Crippen LogP) is 1.57. The van der Waals surface area contributed by atoms with Crippen molar-refractivity contribution < 1.29 is 24.3 Å². The molecule has 0 spiro atoms.